The van der Waals surface area contributed by atoms with Crippen LogP contribution in [0.3, 0.4) is 0 Å². The second kappa shape index (κ2) is 34.1. The van der Waals surface area contributed by atoms with E-state index in [1.807, 2.05) is 0 Å². The Morgan fingerprint density at radius 3 is 2.08 bits per heavy atom. The van der Waals surface area contributed by atoms with Crippen LogP contribution in [0.4, 0.5) is 0 Å². The molecule has 15 heteroatoms. The molecule has 8 atom stereocenters. The number of phosphoric ester groups is 1. The number of carbonyl (C=O) groups is 3. The predicted octanol–water partition coefficient (Wildman–Crippen LogP) is 6.89. The number of Topliss-reactive ketones (excluding diaryl/α,β-unsaturated/α-hetero) is 1. The molecule has 0 aliphatic heterocycles. The van der Waals surface area contributed by atoms with Crippen molar-refractivity contribution < 1.29 is 67.9 Å². The van der Waals surface area contributed by atoms with E-state index in [0.29, 0.717) is 25.7 Å². The first-order chi connectivity index (χ1) is 28.3. The number of ketones is 1. The number of unbranched alkanes of at least 4 members (excludes halogenated alkanes) is 8. The van der Waals surface area contributed by atoms with E-state index in [4.69, 9.17) is 19.1 Å². The molecule has 1 aliphatic carbocycles. The summed E-state index contributed by atoms with van der Waals surface area (Å²) in [5, 5.41) is 49.6. The molecule has 1 aliphatic rings. The monoisotopic (exact) mass is 858 g/mol. The molecule has 0 amide bonds. The van der Waals surface area contributed by atoms with Crippen molar-refractivity contribution in [2.45, 2.75) is 173 Å². The van der Waals surface area contributed by atoms with Crippen molar-refractivity contribution >= 4 is 25.5 Å². The molecule has 1 rings (SSSR count). The van der Waals surface area contributed by atoms with Gasteiger partial charge in [-0.1, -0.05) is 101 Å². The maximum atomic E-state index is 12.8. The smallest absolute Gasteiger partial charge is 0.462 e. The van der Waals surface area contributed by atoms with Crippen LogP contribution in [0.2, 0.25) is 0 Å². The second-order valence-corrected chi connectivity index (χ2v) is 16.8. The van der Waals surface area contributed by atoms with Crippen LogP contribution >= 0.6 is 7.82 Å². The summed E-state index contributed by atoms with van der Waals surface area (Å²) >= 11 is 0. The van der Waals surface area contributed by atoms with Gasteiger partial charge >= 0.3 is 19.8 Å². The molecule has 340 valence electrons. The fourth-order valence-electron chi connectivity index (χ4n) is 6.53. The Labute approximate surface area is 352 Å². The molecular formula is C44H75O14P. The van der Waals surface area contributed by atoms with Gasteiger partial charge in [-0.3, -0.25) is 23.4 Å². The van der Waals surface area contributed by atoms with E-state index in [2.05, 4.69) is 54.8 Å². The van der Waals surface area contributed by atoms with Gasteiger partial charge in [-0.15, -0.1) is 0 Å². The molecule has 0 radical (unpaired) electrons. The summed E-state index contributed by atoms with van der Waals surface area (Å²) in [6.07, 6.45) is 24.3. The molecule has 0 bridgehead atoms. The number of aliphatic hydroxyl groups is 5. The largest absolute Gasteiger partial charge is 0.472 e. The summed E-state index contributed by atoms with van der Waals surface area (Å²) in [4.78, 5) is 48.0. The fourth-order valence-corrected chi connectivity index (χ4v) is 7.32. The third-order valence-corrected chi connectivity index (χ3v) is 10.9. The molecule has 1 fully saturated rings. The van der Waals surface area contributed by atoms with E-state index in [-0.39, 0.29) is 37.9 Å². The highest BCUT2D eigenvalue weighted by atomic mass is 31.2. The summed E-state index contributed by atoms with van der Waals surface area (Å²) in [7, 11) is -4.72. The maximum absolute atomic E-state index is 12.8. The van der Waals surface area contributed by atoms with Gasteiger partial charge in [0, 0.05) is 43.9 Å². The van der Waals surface area contributed by atoms with Gasteiger partial charge in [0.25, 0.3) is 0 Å². The number of esters is 2. The zero-order valence-electron chi connectivity index (χ0n) is 35.5. The topological polar surface area (TPSA) is 227 Å². The standard InChI is InChI=1S/C44H75O14P/c1-3-5-7-8-9-10-11-12-13-14-15-16-17-18-20-26-44(52)58-38(34-57-59(53,54)56-32-37(48)31-45)33-55-43(51)25-22-21-24-36(47)29-40-39(41(49)30-42(40)50)28-27-35(46)23-19-6-4-2/h5,7,9-10,12-13,27-28,35,37-42,45-46,48-50H,3-4,6,8,11,14-26,29-34H2,1-2H3,(H,53,54)/b7-5-,10-9-,13-12-,28-27+/t35-,37-,38+,39+,40+,41+,42-/m0/s1. The number of allylic oxidation sites excluding steroid dienone is 6. The van der Waals surface area contributed by atoms with Crippen molar-refractivity contribution in [1.82, 2.24) is 0 Å². The number of ether oxygens (including phenoxy) is 2. The van der Waals surface area contributed by atoms with E-state index in [1.54, 1.807) is 12.2 Å². The maximum Gasteiger partial charge on any atom is 0.472 e. The number of aliphatic hydroxyl groups excluding tert-OH is 5. The van der Waals surface area contributed by atoms with Gasteiger partial charge in [0.15, 0.2) is 6.10 Å². The van der Waals surface area contributed by atoms with Gasteiger partial charge in [-0.05, 0) is 57.8 Å². The first kappa shape index (κ1) is 54.5. The van der Waals surface area contributed by atoms with E-state index in [9.17, 15) is 44.3 Å². The molecule has 1 unspecified atom stereocenters. The highest BCUT2D eigenvalue weighted by Gasteiger charge is 2.41. The predicted molar refractivity (Wildman–Crippen MR) is 226 cm³/mol. The van der Waals surface area contributed by atoms with Gasteiger partial charge < -0.3 is 39.9 Å². The molecule has 0 spiro atoms. The minimum absolute atomic E-state index is 0.0503. The van der Waals surface area contributed by atoms with Crippen LogP contribution in [0.15, 0.2) is 48.6 Å². The number of phosphoric acid groups is 1. The van der Waals surface area contributed by atoms with Crippen LogP contribution in [0.5, 0.6) is 0 Å². The molecule has 14 nitrogen and oxygen atoms in total. The average molecular weight is 859 g/mol. The van der Waals surface area contributed by atoms with Crippen molar-refractivity contribution in [2.75, 3.05) is 26.4 Å². The van der Waals surface area contributed by atoms with E-state index in [0.717, 1.165) is 70.6 Å². The Morgan fingerprint density at radius 1 is 0.746 bits per heavy atom. The van der Waals surface area contributed by atoms with Crippen LogP contribution in [0.25, 0.3) is 0 Å². The van der Waals surface area contributed by atoms with Gasteiger partial charge in [-0.25, -0.2) is 4.57 Å². The Bertz CT molecular complexity index is 1300. The molecule has 0 saturated heterocycles. The lowest BCUT2D eigenvalue weighted by molar-refractivity contribution is -0.161. The second-order valence-electron chi connectivity index (χ2n) is 15.3. The minimum Gasteiger partial charge on any atom is -0.462 e. The fraction of sp³-hybridized carbons (Fsp3) is 0.750. The molecule has 0 aromatic carbocycles. The summed E-state index contributed by atoms with van der Waals surface area (Å²) in [6.45, 7) is 1.70. The lowest BCUT2D eigenvalue weighted by Crippen LogP contribution is -2.29. The Balaban J connectivity index is 2.51. The summed E-state index contributed by atoms with van der Waals surface area (Å²) in [5.74, 6) is -2.28. The van der Waals surface area contributed by atoms with Crippen molar-refractivity contribution in [2.24, 2.45) is 11.8 Å². The van der Waals surface area contributed by atoms with Gasteiger partial charge in [0.1, 0.15) is 18.5 Å². The van der Waals surface area contributed by atoms with Crippen LogP contribution in [0.1, 0.15) is 142 Å². The van der Waals surface area contributed by atoms with Crippen LogP contribution in [0, 0.1) is 11.8 Å². The Hall–Kier alpha value is -2.52. The summed E-state index contributed by atoms with van der Waals surface area (Å²) in [6, 6.07) is 0. The number of hydrogen-bond donors (Lipinski definition) is 6. The Morgan fingerprint density at radius 2 is 1.37 bits per heavy atom. The van der Waals surface area contributed by atoms with Crippen LogP contribution in [-0.4, -0.2) is 105 Å². The first-order valence-electron chi connectivity index (χ1n) is 21.8. The lowest BCUT2D eigenvalue weighted by atomic mass is 9.87. The number of hydrogen-bond acceptors (Lipinski definition) is 13. The quantitative estimate of drug-likeness (QED) is 0.0163. The minimum atomic E-state index is -4.72. The molecule has 0 aromatic rings. The van der Waals surface area contributed by atoms with Crippen molar-refractivity contribution in [3.05, 3.63) is 48.6 Å². The third kappa shape index (κ3) is 28.6. The average Bonchev–Trinajstić information content (AvgIpc) is 3.47. The normalized spacial score (nSPS) is 21.1. The molecule has 0 heterocycles. The van der Waals surface area contributed by atoms with Gasteiger partial charge in [0.2, 0.25) is 0 Å². The van der Waals surface area contributed by atoms with E-state index in [1.165, 1.54) is 0 Å². The van der Waals surface area contributed by atoms with Crippen molar-refractivity contribution in [3.8, 4) is 0 Å². The van der Waals surface area contributed by atoms with Crippen LogP contribution < -0.4 is 0 Å². The van der Waals surface area contributed by atoms with Gasteiger partial charge in [-0.2, -0.15) is 0 Å². The van der Waals surface area contributed by atoms with Crippen LogP contribution in [-0.2, 0) is 37.5 Å². The number of rotatable bonds is 36. The lowest BCUT2D eigenvalue weighted by Gasteiger charge is -2.20. The van der Waals surface area contributed by atoms with Crippen molar-refractivity contribution in [3.63, 3.8) is 0 Å². The highest BCUT2D eigenvalue weighted by Crippen LogP contribution is 2.43. The van der Waals surface area contributed by atoms with E-state index >= 15 is 0 Å². The summed E-state index contributed by atoms with van der Waals surface area (Å²) in [5.41, 5.74) is 0. The summed E-state index contributed by atoms with van der Waals surface area (Å²) < 4.78 is 32.6. The van der Waals surface area contributed by atoms with E-state index < -0.39 is 88.5 Å². The molecule has 59 heavy (non-hydrogen) atoms. The van der Waals surface area contributed by atoms with Crippen molar-refractivity contribution in [1.29, 1.82) is 0 Å². The highest BCUT2D eigenvalue weighted by molar-refractivity contribution is 7.47. The zero-order chi connectivity index (χ0) is 43.7. The SMILES string of the molecule is CC/C=C\C/C=C\C/C=C\CCCCCCCC(=O)O[C@H](COC(=O)CCCCC(=O)C[C@@H]1[C@@H](/C=C/[C@@H](O)CCCCC)[C@H](O)C[C@@H]1O)COP(=O)(O)OC[C@@H](O)CO. The van der Waals surface area contributed by atoms with Gasteiger partial charge in [0.05, 0.1) is 38.1 Å². The third-order valence-electron chi connectivity index (χ3n) is 9.95. The molecule has 0 aromatic heterocycles. The first-order valence-corrected chi connectivity index (χ1v) is 23.3. The zero-order valence-corrected chi connectivity index (χ0v) is 36.4. The number of carbonyl (C=O) groups excluding carboxylic acids is 3. The molecular weight excluding hydrogens is 783 g/mol. The molecule has 6 N–H and O–H groups in total. The Kier molecular flexibility index (Phi) is 31.5. The molecule has 1 saturated carbocycles.